The number of rotatable bonds is 6. The maximum atomic E-state index is 12.6. The van der Waals surface area contributed by atoms with Crippen molar-refractivity contribution in [2.45, 2.75) is 19.5 Å². The van der Waals surface area contributed by atoms with E-state index in [2.05, 4.69) is 10.6 Å². The van der Waals surface area contributed by atoms with Crippen molar-refractivity contribution in [3.8, 4) is 0 Å². The van der Waals surface area contributed by atoms with Gasteiger partial charge >= 0.3 is 5.97 Å². The second-order valence-corrected chi connectivity index (χ2v) is 3.84. The number of carbonyl (C=O) groups excluding carboxylic acids is 1. The minimum absolute atomic E-state index is 0.0747. The molecule has 5 nitrogen and oxygen atoms in total. The molecular weight excluding hydrogens is 239 g/mol. The Balaban J connectivity index is 2.29. The van der Waals surface area contributed by atoms with Crippen LogP contribution in [0.2, 0.25) is 0 Å². The number of carbonyl (C=O) groups is 2. The Labute approximate surface area is 104 Å². The van der Waals surface area contributed by atoms with E-state index in [1.165, 1.54) is 19.1 Å². The summed E-state index contributed by atoms with van der Waals surface area (Å²) in [5.41, 5.74) is 0.774. The van der Waals surface area contributed by atoms with Gasteiger partial charge < -0.3 is 10.4 Å². The zero-order valence-corrected chi connectivity index (χ0v) is 9.94. The summed E-state index contributed by atoms with van der Waals surface area (Å²) in [6.45, 7) is 1.66. The Hall–Kier alpha value is -1.95. The summed E-state index contributed by atoms with van der Waals surface area (Å²) in [6.07, 6.45) is 0. The van der Waals surface area contributed by atoms with Crippen LogP contribution in [0, 0.1) is 5.82 Å². The van der Waals surface area contributed by atoms with Crippen molar-refractivity contribution in [3.05, 3.63) is 35.6 Å². The minimum atomic E-state index is -1.01. The summed E-state index contributed by atoms with van der Waals surface area (Å²) in [7, 11) is 0. The lowest BCUT2D eigenvalue weighted by Gasteiger charge is -2.09. The maximum absolute atomic E-state index is 12.6. The Kier molecular flexibility index (Phi) is 5.26. The van der Waals surface area contributed by atoms with Gasteiger partial charge in [-0.05, 0) is 24.6 Å². The Bertz CT molecular complexity index is 420. The lowest BCUT2D eigenvalue weighted by Crippen LogP contribution is -2.41. The van der Waals surface area contributed by atoms with Crippen LogP contribution in [-0.2, 0) is 16.1 Å². The average molecular weight is 254 g/mol. The van der Waals surface area contributed by atoms with Gasteiger partial charge in [0.1, 0.15) is 11.9 Å². The molecule has 0 heterocycles. The fraction of sp³-hybridized carbons (Fsp3) is 0.333. The first-order valence-electron chi connectivity index (χ1n) is 5.46. The first-order valence-corrected chi connectivity index (χ1v) is 5.46. The fourth-order valence-corrected chi connectivity index (χ4v) is 1.20. The molecule has 18 heavy (non-hydrogen) atoms. The van der Waals surface area contributed by atoms with Gasteiger partial charge in [-0.1, -0.05) is 12.1 Å². The smallest absolute Gasteiger partial charge is 0.320 e. The summed E-state index contributed by atoms with van der Waals surface area (Å²) in [5.74, 6) is -1.66. The quantitative estimate of drug-likeness (QED) is 0.691. The standard InChI is InChI=1S/C12H15FN2O3/c1-8(12(17)18)14-7-11(16)15-6-9-2-4-10(13)5-3-9/h2-5,8,14H,6-7H2,1H3,(H,15,16)(H,17,18). The van der Waals surface area contributed by atoms with E-state index in [1.807, 2.05) is 0 Å². The van der Waals surface area contributed by atoms with Gasteiger partial charge in [0.2, 0.25) is 5.91 Å². The molecule has 1 aromatic carbocycles. The van der Waals surface area contributed by atoms with Crippen LogP contribution >= 0.6 is 0 Å². The van der Waals surface area contributed by atoms with Gasteiger partial charge in [-0.25, -0.2) is 4.39 Å². The molecule has 0 saturated carbocycles. The first kappa shape index (κ1) is 14.1. The molecule has 3 N–H and O–H groups in total. The number of hydrogen-bond acceptors (Lipinski definition) is 3. The van der Waals surface area contributed by atoms with Crippen LogP contribution in [0.15, 0.2) is 24.3 Å². The van der Waals surface area contributed by atoms with Crippen LogP contribution in [0.4, 0.5) is 4.39 Å². The highest BCUT2D eigenvalue weighted by Crippen LogP contribution is 2.01. The number of nitrogens with one attached hydrogen (secondary N) is 2. The molecule has 1 rings (SSSR count). The molecule has 0 aromatic heterocycles. The predicted octanol–water partition coefficient (Wildman–Crippen LogP) is 0.505. The molecule has 0 aliphatic heterocycles. The van der Waals surface area contributed by atoms with Crippen molar-refractivity contribution in [3.63, 3.8) is 0 Å². The highest BCUT2D eigenvalue weighted by molar-refractivity contribution is 5.79. The van der Waals surface area contributed by atoms with Crippen molar-refractivity contribution in [1.82, 2.24) is 10.6 Å². The van der Waals surface area contributed by atoms with Gasteiger partial charge in [-0.3, -0.25) is 14.9 Å². The lowest BCUT2D eigenvalue weighted by atomic mass is 10.2. The van der Waals surface area contributed by atoms with Crippen molar-refractivity contribution in [2.75, 3.05) is 6.54 Å². The third-order valence-electron chi connectivity index (χ3n) is 2.34. The van der Waals surface area contributed by atoms with E-state index in [-0.39, 0.29) is 24.8 Å². The highest BCUT2D eigenvalue weighted by atomic mass is 19.1. The van der Waals surface area contributed by atoms with Crippen molar-refractivity contribution in [2.24, 2.45) is 0 Å². The molecule has 0 saturated heterocycles. The normalized spacial score (nSPS) is 11.9. The number of carboxylic acids is 1. The van der Waals surface area contributed by atoms with E-state index < -0.39 is 12.0 Å². The molecule has 0 bridgehead atoms. The van der Waals surface area contributed by atoms with E-state index >= 15 is 0 Å². The summed E-state index contributed by atoms with van der Waals surface area (Å²) in [5, 5.41) is 13.8. The molecule has 6 heteroatoms. The largest absolute Gasteiger partial charge is 0.480 e. The molecule has 1 aromatic rings. The SMILES string of the molecule is CC(NCC(=O)NCc1ccc(F)cc1)C(=O)O. The van der Waals surface area contributed by atoms with E-state index in [0.717, 1.165) is 5.56 Å². The Morgan fingerprint density at radius 2 is 1.94 bits per heavy atom. The summed E-state index contributed by atoms with van der Waals surface area (Å²) >= 11 is 0. The number of carboxylic acid groups (broad SMARTS) is 1. The molecule has 98 valence electrons. The lowest BCUT2D eigenvalue weighted by molar-refractivity contribution is -0.139. The molecule has 1 unspecified atom stereocenters. The van der Waals surface area contributed by atoms with Gasteiger partial charge in [0.05, 0.1) is 6.54 Å². The topological polar surface area (TPSA) is 78.4 Å². The third kappa shape index (κ3) is 4.92. The van der Waals surface area contributed by atoms with Gasteiger partial charge in [-0.2, -0.15) is 0 Å². The molecule has 1 amide bonds. The first-order chi connectivity index (χ1) is 8.49. The third-order valence-corrected chi connectivity index (χ3v) is 2.34. The van der Waals surface area contributed by atoms with E-state index in [0.29, 0.717) is 0 Å². The Morgan fingerprint density at radius 3 is 2.50 bits per heavy atom. The maximum Gasteiger partial charge on any atom is 0.320 e. The van der Waals surface area contributed by atoms with Crippen LogP contribution in [0.5, 0.6) is 0 Å². The second-order valence-electron chi connectivity index (χ2n) is 3.84. The number of halogens is 1. The molecule has 0 aliphatic carbocycles. The summed E-state index contributed by atoms with van der Waals surface area (Å²) in [4.78, 5) is 21.9. The minimum Gasteiger partial charge on any atom is -0.480 e. The molecule has 1 atom stereocenters. The van der Waals surface area contributed by atoms with E-state index in [4.69, 9.17) is 5.11 Å². The Morgan fingerprint density at radius 1 is 1.33 bits per heavy atom. The van der Waals surface area contributed by atoms with Crippen molar-refractivity contribution in [1.29, 1.82) is 0 Å². The van der Waals surface area contributed by atoms with Crippen molar-refractivity contribution < 1.29 is 19.1 Å². The van der Waals surface area contributed by atoms with Gasteiger partial charge in [0, 0.05) is 6.54 Å². The second kappa shape index (κ2) is 6.70. The molecule has 0 fully saturated rings. The van der Waals surface area contributed by atoms with Crippen LogP contribution < -0.4 is 10.6 Å². The zero-order chi connectivity index (χ0) is 13.5. The fourth-order valence-electron chi connectivity index (χ4n) is 1.20. The number of hydrogen-bond donors (Lipinski definition) is 3. The van der Waals surface area contributed by atoms with Gasteiger partial charge in [0.15, 0.2) is 0 Å². The monoisotopic (exact) mass is 254 g/mol. The summed E-state index contributed by atoms with van der Waals surface area (Å²) < 4.78 is 12.6. The zero-order valence-electron chi connectivity index (χ0n) is 9.94. The van der Waals surface area contributed by atoms with E-state index in [9.17, 15) is 14.0 Å². The molecule has 0 aliphatic rings. The molecular formula is C12H15FN2O3. The van der Waals surface area contributed by atoms with Crippen LogP contribution in [0.3, 0.4) is 0 Å². The summed E-state index contributed by atoms with van der Waals surface area (Å²) in [6, 6.07) is 4.99. The van der Waals surface area contributed by atoms with Crippen LogP contribution in [-0.4, -0.2) is 29.6 Å². The average Bonchev–Trinajstić information content (AvgIpc) is 2.35. The van der Waals surface area contributed by atoms with Crippen LogP contribution in [0.25, 0.3) is 0 Å². The highest BCUT2D eigenvalue weighted by Gasteiger charge is 2.11. The molecule has 0 spiro atoms. The van der Waals surface area contributed by atoms with Crippen molar-refractivity contribution >= 4 is 11.9 Å². The predicted molar refractivity (Wildman–Crippen MR) is 63.3 cm³/mol. The number of benzene rings is 1. The van der Waals surface area contributed by atoms with Gasteiger partial charge in [0.25, 0.3) is 0 Å². The van der Waals surface area contributed by atoms with Crippen LogP contribution in [0.1, 0.15) is 12.5 Å². The number of aliphatic carboxylic acids is 1. The molecule has 0 radical (unpaired) electrons. The number of amides is 1. The van der Waals surface area contributed by atoms with E-state index in [1.54, 1.807) is 12.1 Å². The van der Waals surface area contributed by atoms with Gasteiger partial charge in [-0.15, -0.1) is 0 Å².